The zero-order valence-corrected chi connectivity index (χ0v) is 16.2. The lowest BCUT2D eigenvalue weighted by Crippen LogP contribution is -2.23. The molecule has 3 aromatic carbocycles. The summed E-state index contributed by atoms with van der Waals surface area (Å²) in [6, 6.07) is 19.4. The Labute approximate surface area is 173 Å². The molecule has 0 saturated heterocycles. The minimum absolute atomic E-state index is 0.0110. The van der Waals surface area contributed by atoms with E-state index in [-0.39, 0.29) is 24.1 Å². The number of amides is 2. The van der Waals surface area contributed by atoms with Gasteiger partial charge in [-0.1, -0.05) is 24.3 Å². The van der Waals surface area contributed by atoms with E-state index in [0.717, 1.165) is 5.56 Å². The lowest BCUT2D eigenvalue weighted by Gasteiger charge is -2.10. The second kappa shape index (κ2) is 9.38. The predicted molar refractivity (Wildman–Crippen MR) is 111 cm³/mol. The first-order valence-corrected chi connectivity index (χ1v) is 9.17. The highest BCUT2D eigenvalue weighted by Gasteiger charge is 2.09. The quantitative estimate of drug-likeness (QED) is 0.431. The van der Waals surface area contributed by atoms with E-state index in [9.17, 15) is 19.5 Å². The first-order chi connectivity index (χ1) is 14.4. The summed E-state index contributed by atoms with van der Waals surface area (Å²) in [5, 5.41) is 15.1. The summed E-state index contributed by atoms with van der Waals surface area (Å²) >= 11 is 0. The third-order valence-corrected chi connectivity index (χ3v) is 4.10. The minimum atomic E-state index is -0.461. The second-order valence-corrected chi connectivity index (χ2v) is 6.51. The van der Waals surface area contributed by atoms with Crippen LogP contribution in [0.5, 0.6) is 11.5 Å². The molecule has 0 spiro atoms. The standard InChI is InChI=1S/C23H20N2O5/c1-15(26)30-21-10-4-7-18(13-21)22(28)24-14-16-5-2-8-19(11-16)25-23(29)17-6-3-9-20(27)12-17/h2-13,27H,14H2,1H3,(H,24,28)(H,25,29). The van der Waals surface area contributed by atoms with Crippen molar-refractivity contribution >= 4 is 23.5 Å². The van der Waals surface area contributed by atoms with Crippen LogP contribution in [0.4, 0.5) is 5.69 Å². The third kappa shape index (κ3) is 5.68. The zero-order chi connectivity index (χ0) is 21.5. The fourth-order valence-electron chi connectivity index (χ4n) is 2.76. The number of carbonyl (C=O) groups is 3. The molecule has 30 heavy (non-hydrogen) atoms. The number of aromatic hydroxyl groups is 1. The van der Waals surface area contributed by atoms with Crippen LogP contribution < -0.4 is 15.4 Å². The Balaban J connectivity index is 1.62. The second-order valence-electron chi connectivity index (χ2n) is 6.51. The van der Waals surface area contributed by atoms with Crippen molar-refractivity contribution in [3.8, 4) is 11.5 Å². The number of nitrogens with one attached hydrogen (secondary N) is 2. The Hall–Kier alpha value is -4.13. The Morgan fingerprint density at radius 3 is 2.30 bits per heavy atom. The molecule has 152 valence electrons. The maximum absolute atomic E-state index is 12.4. The van der Waals surface area contributed by atoms with Gasteiger partial charge in [-0.25, -0.2) is 0 Å². The van der Waals surface area contributed by atoms with E-state index >= 15 is 0 Å². The first-order valence-electron chi connectivity index (χ1n) is 9.17. The van der Waals surface area contributed by atoms with Crippen LogP contribution in [0.2, 0.25) is 0 Å². The van der Waals surface area contributed by atoms with Crippen LogP contribution in [0.15, 0.2) is 72.8 Å². The van der Waals surface area contributed by atoms with E-state index in [1.165, 1.54) is 25.1 Å². The summed E-state index contributed by atoms with van der Waals surface area (Å²) in [7, 11) is 0. The maximum atomic E-state index is 12.4. The van der Waals surface area contributed by atoms with Crippen LogP contribution in [-0.2, 0) is 11.3 Å². The topological polar surface area (TPSA) is 105 Å². The van der Waals surface area contributed by atoms with Gasteiger partial charge in [0.2, 0.25) is 0 Å². The molecule has 7 heteroatoms. The molecule has 0 aromatic heterocycles. The number of phenols is 1. The molecule has 0 aliphatic heterocycles. The van der Waals surface area contributed by atoms with E-state index in [0.29, 0.717) is 22.6 Å². The third-order valence-electron chi connectivity index (χ3n) is 4.10. The number of rotatable bonds is 6. The molecule has 0 saturated carbocycles. The molecule has 2 amide bonds. The lowest BCUT2D eigenvalue weighted by molar-refractivity contribution is -0.131. The van der Waals surface area contributed by atoms with Crippen LogP contribution in [0, 0.1) is 0 Å². The van der Waals surface area contributed by atoms with Crippen LogP contribution in [0.1, 0.15) is 33.2 Å². The largest absolute Gasteiger partial charge is 0.508 e. The number of ether oxygens (including phenoxy) is 1. The van der Waals surface area contributed by atoms with Gasteiger partial charge in [0.25, 0.3) is 11.8 Å². The number of hydrogen-bond donors (Lipinski definition) is 3. The van der Waals surface area contributed by atoms with Gasteiger partial charge in [0.05, 0.1) is 0 Å². The van der Waals surface area contributed by atoms with Gasteiger partial charge in [-0.15, -0.1) is 0 Å². The molecule has 0 radical (unpaired) electrons. The smallest absolute Gasteiger partial charge is 0.308 e. The van der Waals surface area contributed by atoms with Crippen LogP contribution in [0.25, 0.3) is 0 Å². The van der Waals surface area contributed by atoms with Gasteiger partial charge in [0.15, 0.2) is 0 Å². The van der Waals surface area contributed by atoms with Crippen LogP contribution >= 0.6 is 0 Å². The highest BCUT2D eigenvalue weighted by molar-refractivity contribution is 6.04. The highest BCUT2D eigenvalue weighted by Crippen LogP contribution is 2.16. The molecule has 0 fully saturated rings. The average Bonchev–Trinajstić information content (AvgIpc) is 2.72. The molecule has 0 unspecified atom stereocenters. The molecule has 3 rings (SSSR count). The molecule has 3 N–H and O–H groups in total. The lowest BCUT2D eigenvalue weighted by atomic mass is 10.1. The van der Waals surface area contributed by atoms with Crippen molar-refractivity contribution in [2.45, 2.75) is 13.5 Å². The monoisotopic (exact) mass is 404 g/mol. The van der Waals surface area contributed by atoms with Crippen LogP contribution in [0.3, 0.4) is 0 Å². The molecule has 7 nitrogen and oxygen atoms in total. The van der Waals surface area contributed by atoms with Crippen molar-refractivity contribution in [2.24, 2.45) is 0 Å². The molecule has 0 heterocycles. The van der Waals surface area contributed by atoms with Gasteiger partial charge in [0.1, 0.15) is 11.5 Å². The van der Waals surface area contributed by atoms with Gasteiger partial charge in [-0.3, -0.25) is 14.4 Å². The van der Waals surface area contributed by atoms with Gasteiger partial charge >= 0.3 is 5.97 Å². The van der Waals surface area contributed by atoms with E-state index < -0.39 is 5.97 Å². The summed E-state index contributed by atoms with van der Waals surface area (Å²) in [5.41, 5.74) is 2.05. The number of carbonyl (C=O) groups excluding carboxylic acids is 3. The van der Waals surface area contributed by atoms with Gasteiger partial charge in [-0.05, 0) is 54.1 Å². The van der Waals surface area contributed by atoms with Gasteiger partial charge < -0.3 is 20.5 Å². The maximum Gasteiger partial charge on any atom is 0.308 e. The number of anilines is 1. The number of benzene rings is 3. The van der Waals surface area contributed by atoms with Crippen molar-refractivity contribution in [1.82, 2.24) is 5.32 Å². The summed E-state index contributed by atoms with van der Waals surface area (Å²) in [6.07, 6.45) is 0. The molecule has 0 aliphatic rings. The van der Waals surface area contributed by atoms with Crippen molar-refractivity contribution in [3.05, 3.63) is 89.5 Å². The average molecular weight is 404 g/mol. The fraction of sp³-hybridized carbons (Fsp3) is 0.0870. The molecule has 3 aromatic rings. The molecule has 0 aliphatic carbocycles. The predicted octanol–water partition coefficient (Wildman–Crippen LogP) is 3.50. The molecule has 0 bridgehead atoms. The van der Waals surface area contributed by atoms with Crippen LogP contribution in [-0.4, -0.2) is 22.9 Å². The SMILES string of the molecule is CC(=O)Oc1cccc(C(=O)NCc2cccc(NC(=O)c3cccc(O)c3)c2)c1. The Morgan fingerprint density at radius 1 is 0.867 bits per heavy atom. The Morgan fingerprint density at radius 2 is 1.57 bits per heavy atom. The minimum Gasteiger partial charge on any atom is -0.508 e. The number of hydrogen-bond acceptors (Lipinski definition) is 5. The first kappa shape index (κ1) is 20.6. The normalized spacial score (nSPS) is 10.2. The van der Waals surface area contributed by atoms with Gasteiger partial charge in [0, 0.05) is 30.3 Å². The fourth-order valence-corrected chi connectivity index (χ4v) is 2.76. The molecular formula is C23H20N2O5. The van der Waals surface area contributed by atoms with Crippen molar-refractivity contribution in [1.29, 1.82) is 0 Å². The van der Waals surface area contributed by atoms with E-state index in [1.54, 1.807) is 48.5 Å². The summed E-state index contributed by atoms with van der Waals surface area (Å²) in [4.78, 5) is 35.8. The molecular weight excluding hydrogens is 384 g/mol. The summed E-state index contributed by atoms with van der Waals surface area (Å²) in [6.45, 7) is 1.53. The van der Waals surface area contributed by atoms with E-state index in [4.69, 9.17) is 4.74 Å². The molecule has 0 atom stereocenters. The van der Waals surface area contributed by atoms with E-state index in [1.807, 2.05) is 6.07 Å². The van der Waals surface area contributed by atoms with Crippen molar-refractivity contribution < 1.29 is 24.2 Å². The number of phenolic OH excluding ortho intramolecular Hbond substituents is 1. The Kier molecular flexibility index (Phi) is 6.44. The summed E-state index contributed by atoms with van der Waals surface area (Å²) in [5.74, 6) is -0.826. The van der Waals surface area contributed by atoms with E-state index in [2.05, 4.69) is 10.6 Å². The summed E-state index contributed by atoms with van der Waals surface area (Å²) < 4.78 is 4.99. The Bertz CT molecular complexity index is 1090. The van der Waals surface area contributed by atoms with Gasteiger partial charge in [-0.2, -0.15) is 0 Å². The van der Waals surface area contributed by atoms with Crippen molar-refractivity contribution in [3.63, 3.8) is 0 Å². The van der Waals surface area contributed by atoms with Crippen molar-refractivity contribution in [2.75, 3.05) is 5.32 Å². The number of esters is 1. The highest BCUT2D eigenvalue weighted by atomic mass is 16.5. The zero-order valence-electron chi connectivity index (χ0n) is 16.2.